The first kappa shape index (κ1) is 31.2. The van der Waals surface area contributed by atoms with E-state index >= 15 is 0 Å². The topological polar surface area (TPSA) is 109 Å². The highest BCUT2D eigenvalue weighted by Gasteiger charge is 2.37. The van der Waals surface area contributed by atoms with Crippen molar-refractivity contribution in [3.63, 3.8) is 0 Å². The number of imide groups is 1. The van der Waals surface area contributed by atoms with Gasteiger partial charge in [-0.15, -0.1) is 0 Å². The molecule has 1 aromatic heterocycles. The van der Waals surface area contributed by atoms with Gasteiger partial charge in [0.15, 0.2) is 0 Å². The molecule has 0 N–H and O–H groups in total. The lowest BCUT2D eigenvalue weighted by atomic mass is 10.2. The van der Waals surface area contributed by atoms with Crippen LogP contribution in [-0.4, -0.2) is 69.1 Å². The normalized spacial score (nSPS) is 16.0. The molecule has 2 saturated heterocycles. The molecule has 0 unspecified atom stereocenters. The summed E-state index contributed by atoms with van der Waals surface area (Å²) in [7, 11) is 0. The number of para-hydroxylation sites is 1. The van der Waals surface area contributed by atoms with E-state index in [9.17, 15) is 24.5 Å². The number of nitro groups is 1. The molecule has 0 bridgehead atoms. The van der Waals surface area contributed by atoms with E-state index in [4.69, 9.17) is 0 Å². The second kappa shape index (κ2) is 13.3. The lowest BCUT2D eigenvalue weighted by Gasteiger charge is -2.36. The van der Waals surface area contributed by atoms with Crippen LogP contribution in [0.1, 0.15) is 17.0 Å². The van der Waals surface area contributed by atoms with E-state index in [-0.39, 0.29) is 18.1 Å². The number of carbonyl (C=O) groups excluding carboxylic acids is 3. The highest BCUT2D eigenvalue weighted by Crippen LogP contribution is 2.35. The van der Waals surface area contributed by atoms with Gasteiger partial charge in [-0.2, -0.15) is 0 Å². The SMILES string of the molecule is Cc1cc(/C=C2/SC(=O)N(CC(=O)N3CCN(c4ccccc4)CC3)C2=O)c(C)n1-c1ccc(Sc2ccc([N+](=O)[O-])cc2)cc1. The number of thioether (sulfide) groups is 1. The minimum absolute atomic E-state index is 0.0562. The lowest BCUT2D eigenvalue weighted by molar-refractivity contribution is -0.384. The number of aromatic nitrogens is 1. The van der Waals surface area contributed by atoms with Crippen LogP contribution in [0.15, 0.2) is 99.6 Å². The Kier molecular flexibility index (Phi) is 9.00. The van der Waals surface area contributed by atoms with E-state index in [1.807, 2.05) is 74.5 Å². The van der Waals surface area contributed by atoms with Gasteiger partial charge in [-0.1, -0.05) is 30.0 Å². The van der Waals surface area contributed by atoms with Crippen molar-refractivity contribution < 1.29 is 19.3 Å². The molecule has 3 aromatic carbocycles. The zero-order valence-electron chi connectivity index (χ0n) is 25.3. The predicted molar refractivity (Wildman–Crippen MR) is 180 cm³/mol. The standard InChI is InChI=1S/C34H31N5O5S2/c1-23-20-25(24(2)38(23)27-8-12-29(13-9-27)45-30-14-10-28(11-15-30)39(43)44)21-31-33(41)37(34(42)46-31)22-32(40)36-18-16-35(17-19-36)26-6-4-3-5-7-26/h3-15,20-21H,16-19,22H2,1-2H3/b31-21+. The third-order valence-corrected chi connectivity index (χ3v) is 9.98. The molecule has 6 rings (SSSR count). The van der Waals surface area contributed by atoms with Crippen molar-refractivity contribution in [1.82, 2.24) is 14.4 Å². The second-order valence-electron chi connectivity index (χ2n) is 11.0. The summed E-state index contributed by atoms with van der Waals surface area (Å²) < 4.78 is 2.08. The molecule has 0 spiro atoms. The Hall–Kier alpha value is -4.81. The van der Waals surface area contributed by atoms with Gasteiger partial charge in [0.05, 0.1) is 9.83 Å². The summed E-state index contributed by atoms with van der Waals surface area (Å²) in [5.41, 5.74) is 4.79. The van der Waals surface area contributed by atoms with Crippen molar-refractivity contribution in [3.05, 3.63) is 117 Å². The van der Waals surface area contributed by atoms with E-state index < -0.39 is 16.1 Å². The quantitative estimate of drug-likeness (QED) is 0.120. The minimum Gasteiger partial charge on any atom is -0.368 e. The number of anilines is 1. The van der Waals surface area contributed by atoms with Gasteiger partial charge in [0.1, 0.15) is 6.54 Å². The van der Waals surface area contributed by atoms with Gasteiger partial charge in [-0.05, 0) is 91.8 Å². The maximum atomic E-state index is 13.3. The van der Waals surface area contributed by atoms with E-state index in [0.29, 0.717) is 31.1 Å². The van der Waals surface area contributed by atoms with Crippen LogP contribution in [0.25, 0.3) is 11.8 Å². The third-order valence-electron chi connectivity index (χ3n) is 8.06. The summed E-state index contributed by atoms with van der Waals surface area (Å²) in [5.74, 6) is -0.687. The van der Waals surface area contributed by atoms with E-state index in [1.165, 1.54) is 23.9 Å². The van der Waals surface area contributed by atoms with E-state index in [1.54, 1.807) is 23.1 Å². The van der Waals surface area contributed by atoms with Gasteiger partial charge in [0, 0.05) is 70.9 Å². The number of piperazine rings is 1. The van der Waals surface area contributed by atoms with Crippen molar-refractivity contribution in [2.45, 2.75) is 23.6 Å². The van der Waals surface area contributed by atoms with Crippen molar-refractivity contribution >= 4 is 58.0 Å². The molecule has 3 heterocycles. The third kappa shape index (κ3) is 6.58. The number of amides is 3. The summed E-state index contributed by atoms with van der Waals surface area (Å²) in [6.45, 7) is 6.11. The van der Waals surface area contributed by atoms with E-state index in [0.717, 1.165) is 54.8 Å². The number of nitrogens with zero attached hydrogens (tertiary/aromatic N) is 5. The van der Waals surface area contributed by atoms with Gasteiger partial charge >= 0.3 is 0 Å². The lowest BCUT2D eigenvalue weighted by Crippen LogP contribution is -2.51. The Labute approximate surface area is 274 Å². The molecule has 4 aromatic rings. The van der Waals surface area contributed by atoms with Crippen LogP contribution in [0.3, 0.4) is 0 Å². The van der Waals surface area contributed by atoms with Crippen molar-refractivity contribution in [3.8, 4) is 5.69 Å². The zero-order valence-corrected chi connectivity index (χ0v) is 26.9. The average Bonchev–Trinajstić information content (AvgIpc) is 3.50. The van der Waals surface area contributed by atoms with Crippen LogP contribution in [0.5, 0.6) is 0 Å². The van der Waals surface area contributed by atoms with Crippen LogP contribution in [0.2, 0.25) is 0 Å². The zero-order chi connectivity index (χ0) is 32.4. The molecule has 3 amide bonds. The molecule has 10 nitrogen and oxygen atoms in total. The Morgan fingerprint density at radius 2 is 1.52 bits per heavy atom. The highest BCUT2D eigenvalue weighted by atomic mass is 32.2. The fraction of sp³-hybridized carbons (Fsp3) is 0.206. The van der Waals surface area contributed by atoms with Crippen LogP contribution in [0, 0.1) is 24.0 Å². The minimum atomic E-state index is -0.455. The molecule has 12 heteroatoms. The Balaban J connectivity index is 1.10. The fourth-order valence-electron chi connectivity index (χ4n) is 5.63. The number of hydrogen-bond donors (Lipinski definition) is 0. The maximum Gasteiger partial charge on any atom is 0.294 e. The molecular formula is C34H31N5O5S2. The number of nitro benzene ring substituents is 1. The van der Waals surface area contributed by atoms with Gasteiger partial charge in [-0.25, -0.2) is 0 Å². The van der Waals surface area contributed by atoms with Crippen LogP contribution in [-0.2, 0) is 9.59 Å². The van der Waals surface area contributed by atoms with Gasteiger partial charge < -0.3 is 14.4 Å². The van der Waals surface area contributed by atoms with Gasteiger partial charge in [0.25, 0.3) is 16.8 Å². The first-order valence-corrected chi connectivity index (χ1v) is 16.4. The number of aryl methyl sites for hydroxylation is 1. The summed E-state index contributed by atoms with van der Waals surface area (Å²) in [6, 6.07) is 26.4. The average molecular weight is 654 g/mol. The number of carbonyl (C=O) groups is 3. The largest absolute Gasteiger partial charge is 0.368 e. The number of hydrogen-bond acceptors (Lipinski definition) is 8. The summed E-state index contributed by atoms with van der Waals surface area (Å²) in [5, 5.41) is 10.5. The monoisotopic (exact) mass is 653 g/mol. The van der Waals surface area contributed by atoms with Crippen molar-refractivity contribution in [2.24, 2.45) is 0 Å². The highest BCUT2D eigenvalue weighted by molar-refractivity contribution is 8.18. The Morgan fingerprint density at radius 3 is 2.15 bits per heavy atom. The maximum absolute atomic E-state index is 13.3. The molecule has 2 aliphatic heterocycles. The molecule has 2 fully saturated rings. The first-order valence-electron chi connectivity index (χ1n) is 14.7. The summed E-state index contributed by atoms with van der Waals surface area (Å²) in [6.07, 6.45) is 1.73. The van der Waals surface area contributed by atoms with Gasteiger partial charge in [-0.3, -0.25) is 29.4 Å². The molecular weight excluding hydrogens is 623 g/mol. The van der Waals surface area contributed by atoms with E-state index in [2.05, 4.69) is 9.47 Å². The Bertz CT molecular complexity index is 1830. The first-order chi connectivity index (χ1) is 22.2. The molecule has 0 radical (unpaired) electrons. The molecule has 46 heavy (non-hydrogen) atoms. The molecule has 234 valence electrons. The smallest absolute Gasteiger partial charge is 0.294 e. The van der Waals surface area contributed by atoms with Crippen LogP contribution in [0.4, 0.5) is 16.2 Å². The summed E-state index contributed by atoms with van der Waals surface area (Å²) >= 11 is 2.37. The number of non-ortho nitro benzene ring substituents is 1. The molecule has 0 atom stereocenters. The summed E-state index contributed by atoms with van der Waals surface area (Å²) in [4.78, 5) is 56.9. The van der Waals surface area contributed by atoms with Crippen molar-refractivity contribution in [2.75, 3.05) is 37.6 Å². The predicted octanol–water partition coefficient (Wildman–Crippen LogP) is 6.54. The Morgan fingerprint density at radius 1 is 0.891 bits per heavy atom. The van der Waals surface area contributed by atoms with Crippen LogP contribution >= 0.6 is 23.5 Å². The second-order valence-corrected chi connectivity index (χ2v) is 13.1. The molecule has 0 saturated carbocycles. The number of rotatable bonds is 8. The van der Waals surface area contributed by atoms with Gasteiger partial charge in [0.2, 0.25) is 5.91 Å². The van der Waals surface area contributed by atoms with Crippen LogP contribution < -0.4 is 4.90 Å². The van der Waals surface area contributed by atoms with Crippen molar-refractivity contribution in [1.29, 1.82) is 0 Å². The fourth-order valence-corrected chi connectivity index (χ4v) is 7.28. The number of benzene rings is 3. The molecule has 0 aliphatic carbocycles. The molecule has 2 aliphatic rings.